The van der Waals surface area contributed by atoms with Gasteiger partial charge in [0.2, 0.25) is 0 Å². The van der Waals surface area contributed by atoms with Gasteiger partial charge in [-0.1, -0.05) is 13.3 Å². The van der Waals surface area contributed by atoms with Crippen LogP contribution in [0.1, 0.15) is 58.3 Å². The molecule has 2 aliphatic carbocycles. The first-order valence-electron chi connectivity index (χ1n) is 7.82. The highest BCUT2D eigenvalue weighted by atomic mass is 16.5. The topological polar surface area (TPSA) is 47.3 Å². The molecule has 104 valence electrons. The van der Waals surface area contributed by atoms with Crippen molar-refractivity contribution in [3.63, 3.8) is 0 Å². The molecule has 0 amide bonds. The average Bonchev–Trinajstić information content (AvgIpc) is 2.75. The summed E-state index contributed by atoms with van der Waals surface area (Å²) >= 11 is 0. The maximum absolute atomic E-state index is 6.04. The molecule has 3 heteroatoms. The molecule has 18 heavy (non-hydrogen) atoms. The fourth-order valence-corrected chi connectivity index (χ4v) is 4.53. The highest BCUT2D eigenvalue weighted by Crippen LogP contribution is 2.47. The Balaban J connectivity index is 1.64. The number of nitrogens with one attached hydrogen (secondary N) is 1. The van der Waals surface area contributed by atoms with E-state index in [-0.39, 0.29) is 5.60 Å². The lowest BCUT2D eigenvalue weighted by molar-refractivity contribution is -0.149. The molecule has 2 saturated carbocycles. The predicted molar refractivity (Wildman–Crippen MR) is 72.9 cm³/mol. The molecule has 3 rings (SSSR count). The second-order valence-corrected chi connectivity index (χ2v) is 7.01. The highest BCUT2D eigenvalue weighted by molar-refractivity contribution is 4.98. The van der Waals surface area contributed by atoms with Crippen LogP contribution in [0.5, 0.6) is 0 Å². The van der Waals surface area contributed by atoms with E-state index >= 15 is 0 Å². The largest absolute Gasteiger partial charge is 0.375 e. The molecule has 3 aliphatic rings. The van der Waals surface area contributed by atoms with Gasteiger partial charge in [0.15, 0.2) is 0 Å². The Morgan fingerprint density at radius 2 is 2.06 bits per heavy atom. The van der Waals surface area contributed by atoms with Gasteiger partial charge in [0.25, 0.3) is 0 Å². The number of hydrazine groups is 1. The van der Waals surface area contributed by atoms with Gasteiger partial charge in [0.05, 0.1) is 5.60 Å². The average molecular weight is 252 g/mol. The van der Waals surface area contributed by atoms with Crippen LogP contribution in [0, 0.1) is 17.8 Å². The van der Waals surface area contributed by atoms with E-state index in [1.54, 1.807) is 0 Å². The Morgan fingerprint density at radius 1 is 1.22 bits per heavy atom. The number of ether oxygens (including phenoxy) is 1. The predicted octanol–water partition coefficient (Wildman–Crippen LogP) is 2.60. The van der Waals surface area contributed by atoms with E-state index in [0.29, 0.717) is 6.04 Å². The molecule has 1 heterocycles. The second-order valence-electron chi connectivity index (χ2n) is 7.01. The van der Waals surface area contributed by atoms with Gasteiger partial charge in [-0.3, -0.25) is 11.3 Å². The molecule has 0 aromatic carbocycles. The monoisotopic (exact) mass is 252 g/mol. The lowest BCUT2D eigenvalue weighted by Gasteiger charge is -2.49. The minimum absolute atomic E-state index is 0.252. The van der Waals surface area contributed by atoms with E-state index < -0.39 is 0 Å². The fraction of sp³-hybridized carbons (Fsp3) is 1.00. The van der Waals surface area contributed by atoms with Gasteiger partial charge < -0.3 is 4.74 Å². The van der Waals surface area contributed by atoms with Crippen LogP contribution in [-0.4, -0.2) is 18.2 Å². The van der Waals surface area contributed by atoms with Crippen molar-refractivity contribution < 1.29 is 4.74 Å². The van der Waals surface area contributed by atoms with Gasteiger partial charge in [0.1, 0.15) is 0 Å². The van der Waals surface area contributed by atoms with Crippen molar-refractivity contribution in [1.29, 1.82) is 0 Å². The van der Waals surface area contributed by atoms with Crippen molar-refractivity contribution >= 4 is 0 Å². The van der Waals surface area contributed by atoms with Gasteiger partial charge in [-0.05, 0) is 62.7 Å². The second kappa shape index (κ2) is 5.10. The van der Waals surface area contributed by atoms with Gasteiger partial charge >= 0.3 is 0 Å². The standard InChI is InChI=1S/C15H28N2O/c1-11-3-4-12(9-11)14(17-16)13-5-8-18-15(10-13)6-2-7-15/h11-14,17H,2-10,16H2,1H3. The molecule has 1 saturated heterocycles. The summed E-state index contributed by atoms with van der Waals surface area (Å²) in [5.41, 5.74) is 3.42. The molecular weight excluding hydrogens is 224 g/mol. The van der Waals surface area contributed by atoms with E-state index in [2.05, 4.69) is 12.3 Å². The molecule has 0 aromatic rings. The molecule has 4 atom stereocenters. The van der Waals surface area contributed by atoms with E-state index in [1.807, 2.05) is 0 Å². The number of rotatable bonds is 3. The third-order valence-electron chi connectivity index (χ3n) is 5.74. The van der Waals surface area contributed by atoms with Crippen LogP contribution in [0.3, 0.4) is 0 Å². The molecule has 1 aliphatic heterocycles. The van der Waals surface area contributed by atoms with Crippen molar-refractivity contribution in [2.75, 3.05) is 6.61 Å². The van der Waals surface area contributed by atoms with Crippen molar-refractivity contribution in [1.82, 2.24) is 5.43 Å². The molecule has 0 bridgehead atoms. The SMILES string of the molecule is CC1CCC(C(NN)C2CCOC3(CCC3)C2)C1. The summed E-state index contributed by atoms with van der Waals surface area (Å²) in [4.78, 5) is 0. The van der Waals surface area contributed by atoms with Gasteiger partial charge in [-0.25, -0.2) is 0 Å². The van der Waals surface area contributed by atoms with Crippen molar-refractivity contribution in [3.8, 4) is 0 Å². The zero-order valence-electron chi connectivity index (χ0n) is 11.7. The summed E-state index contributed by atoms with van der Waals surface area (Å²) in [6, 6.07) is 0.524. The van der Waals surface area contributed by atoms with Crippen LogP contribution < -0.4 is 11.3 Å². The summed E-state index contributed by atoms with van der Waals surface area (Å²) in [7, 11) is 0. The van der Waals surface area contributed by atoms with Crippen LogP contribution in [0.2, 0.25) is 0 Å². The number of hydrogen-bond donors (Lipinski definition) is 2. The van der Waals surface area contributed by atoms with E-state index in [9.17, 15) is 0 Å². The van der Waals surface area contributed by atoms with Crippen LogP contribution in [0.25, 0.3) is 0 Å². The van der Waals surface area contributed by atoms with Crippen LogP contribution in [0.15, 0.2) is 0 Å². The van der Waals surface area contributed by atoms with Crippen LogP contribution in [-0.2, 0) is 4.74 Å². The summed E-state index contributed by atoms with van der Waals surface area (Å²) in [6.45, 7) is 3.33. The Labute approximate surface area is 111 Å². The first-order valence-corrected chi connectivity index (χ1v) is 7.82. The number of nitrogens with two attached hydrogens (primary N) is 1. The van der Waals surface area contributed by atoms with Crippen LogP contribution >= 0.6 is 0 Å². The summed E-state index contributed by atoms with van der Waals surface area (Å²) in [6.07, 6.45) is 10.5. The molecular formula is C15H28N2O. The molecule has 3 nitrogen and oxygen atoms in total. The maximum Gasteiger partial charge on any atom is 0.0685 e. The zero-order valence-corrected chi connectivity index (χ0v) is 11.7. The zero-order chi connectivity index (χ0) is 12.6. The molecule has 3 N–H and O–H groups in total. The lowest BCUT2D eigenvalue weighted by Crippen LogP contribution is -2.53. The van der Waals surface area contributed by atoms with E-state index in [0.717, 1.165) is 24.4 Å². The van der Waals surface area contributed by atoms with Gasteiger partial charge in [0, 0.05) is 12.6 Å². The number of hydrogen-bond acceptors (Lipinski definition) is 3. The Morgan fingerprint density at radius 3 is 2.61 bits per heavy atom. The molecule has 0 aromatic heterocycles. The Bertz CT molecular complexity index is 290. The minimum atomic E-state index is 0.252. The van der Waals surface area contributed by atoms with Crippen molar-refractivity contribution in [2.45, 2.75) is 69.9 Å². The molecule has 3 fully saturated rings. The molecule has 0 radical (unpaired) electrons. The van der Waals surface area contributed by atoms with E-state index in [1.165, 1.54) is 51.4 Å². The minimum Gasteiger partial charge on any atom is -0.375 e. The van der Waals surface area contributed by atoms with Gasteiger partial charge in [-0.2, -0.15) is 0 Å². The molecule has 1 spiro atoms. The highest BCUT2D eigenvalue weighted by Gasteiger charge is 2.45. The van der Waals surface area contributed by atoms with E-state index in [4.69, 9.17) is 10.6 Å². The first-order chi connectivity index (χ1) is 8.72. The molecule has 4 unspecified atom stereocenters. The van der Waals surface area contributed by atoms with Crippen molar-refractivity contribution in [3.05, 3.63) is 0 Å². The lowest BCUT2D eigenvalue weighted by atomic mass is 9.69. The summed E-state index contributed by atoms with van der Waals surface area (Å²) < 4.78 is 6.04. The third kappa shape index (κ3) is 2.33. The maximum atomic E-state index is 6.04. The van der Waals surface area contributed by atoms with Gasteiger partial charge in [-0.15, -0.1) is 0 Å². The summed E-state index contributed by atoms with van der Waals surface area (Å²) in [5.74, 6) is 8.31. The normalized spacial score (nSPS) is 40.7. The smallest absolute Gasteiger partial charge is 0.0685 e. The first kappa shape index (κ1) is 12.9. The van der Waals surface area contributed by atoms with Crippen LogP contribution in [0.4, 0.5) is 0 Å². The quantitative estimate of drug-likeness (QED) is 0.599. The third-order valence-corrected chi connectivity index (χ3v) is 5.74. The van der Waals surface area contributed by atoms with Crippen molar-refractivity contribution in [2.24, 2.45) is 23.6 Å². The fourth-order valence-electron chi connectivity index (χ4n) is 4.53. The Kier molecular flexibility index (Phi) is 3.65. The summed E-state index contributed by atoms with van der Waals surface area (Å²) in [5, 5.41) is 0. The Hall–Kier alpha value is -0.120.